The van der Waals surface area contributed by atoms with Crippen LogP contribution >= 0.6 is 0 Å². The van der Waals surface area contributed by atoms with Crippen LogP contribution in [0.3, 0.4) is 0 Å². The predicted octanol–water partition coefficient (Wildman–Crippen LogP) is 3.40. The fraction of sp³-hybridized carbons (Fsp3) is 0.458. The lowest BCUT2D eigenvalue weighted by molar-refractivity contribution is -0.153. The lowest BCUT2D eigenvalue weighted by atomic mass is 9.98. The molecule has 172 valence electrons. The van der Waals surface area contributed by atoms with E-state index < -0.39 is 10.0 Å². The van der Waals surface area contributed by atoms with Crippen molar-refractivity contribution in [1.82, 2.24) is 4.31 Å². The first kappa shape index (κ1) is 22.6. The number of rotatable bonds is 5. The molecule has 2 heterocycles. The van der Waals surface area contributed by atoms with Crippen LogP contribution in [0.25, 0.3) is 0 Å². The second-order valence-corrected chi connectivity index (χ2v) is 10.4. The smallest absolute Gasteiger partial charge is 0.309 e. The highest BCUT2D eigenvalue weighted by molar-refractivity contribution is 7.89. The zero-order valence-corrected chi connectivity index (χ0v) is 19.5. The van der Waals surface area contributed by atoms with Crippen molar-refractivity contribution in [2.45, 2.75) is 44.6 Å². The van der Waals surface area contributed by atoms with E-state index in [1.165, 1.54) is 4.31 Å². The lowest BCUT2D eigenvalue weighted by Crippen LogP contribution is -2.42. The van der Waals surface area contributed by atoms with Gasteiger partial charge in [0.1, 0.15) is 13.2 Å². The van der Waals surface area contributed by atoms with Crippen LogP contribution in [0.1, 0.15) is 29.5 Å². The molecule has 2 aliphatic heterocycles. The number of benzene rings is 2. The summed E-state index contributed by atoms with van der Waals surface area (Å²) < 4.78 is 44.9. The molecule has 0 bridgehead atoms. The molecule has 0 spiro atoms. The third kappa shape index (κ3) is 4.61. The summed E-state index contributed by atoms with van der Waals surface area (Å²) in [6.07, 6.45) is 0.515. The number of ether oxygens (including phenoxy) is 3. The molecule has 32 heavy (non-hydrogen) atoms. The van der Waals surface area contributed by atoms with Gasteiger partial charge in [-0.1, -0.05) is 29.8 Å². The largest absolute Gasteiger partial charge is 0.486 e. The Morgan fingerprint density at radius 1 is 1.06 bits per heavy atom. The molecule has 0 radical (unpaired) electrons. The second-order valence-electron chi connectivity index (χ2n) is 8.53. The van der Waals surface area contributed by atoms with Gasteiger partial charge < -0.3 is 14.2 Å². The summed E-state index contributed by atoms with van der Waals surface area (Å²) in [5.41, 5.74) is 2.54. The van der Waals surface area contributed by atoms with Gasteiger partial charge in [0, 0.05) is 13.1 Å². The standard InChI is InChI=1S/C24H29NO6S/c1-16-12-17(2)23(18(3)13-16)32(27,28)25-10-8-19(9-11-25)24(26)30-15-20-14-29-21-6-4-5-7-22(21)31-20/h4-7,12-13,19-20H,8-11,14-15H2,1-3H3. The van der Waals surface area contributed by atoms with Gasteiger partial charge in [0.05, 0.1) is 10.8 Å². The number of hydrogen-bond acceptors (Lipinski definition) is 6. The van der Waals surface area contributed by atoms with Crippen molar-refractivity contribution in [1.29, 1.82) is 0 Å². The minimum absolute atomic E-state index is 0.105. The van der Waals surface area contributed by atoms with Gasteiger partial charge in [-0.2, -0.15) is 4.31 Å². The van der Waals surface area contributed by atoms with Gasteiger partial charge in [-0.3, -0.25) is 4.79 Å². The Morgan fingerprint density at radius 3 is 2.34 bits per heavy atom. The third-order valence-corrected chi connectivity index (χ3v) is 8.17. The molecule has 2 aromatic carbocycles. The van der Waals surface area contributed by atoms with Crippen LogP contribution in [0.5, 0.6) is 11.5 Å². The molecule has 7 nitrogen and oxygen atoms in total. The first-order valence-electron chi connectivity index (χ1n) is 10.9. The summed E-state index contributed by atoms with van der Waals surface area (Å²) >= 11 is 0. The molecule has 0 amide bonds. The summed E-state index contributed by atoms with van der Waals surface area (Å²) in [6.45, 7) is 6.62. The zero-order valence-electron chi connectivity index (χ0n) is 18.7. The molecule has 0 N–H and O–H groups in total. The molecule has 1 atom stereocenters. The van der Waals surface area contributed by atoms with Crippen molar-refractivity contribution < 1.29 is 27.4 Å². The van der Waals surface area contributed by atoms with Gasteiger partial charge in [-0.15, -0.1) is 0 Å². The Balaban J connectivity index is 1.31. The van der Waals surface area contributed by atoms with E-state index in [1.807, 2.05) is 57.2 Å². The van der Waals surface area contributed by atoms with E-state index in [0.29, 0.717) is 48.9 Å². The highest BCUT2D eigenvalue weighted by Crippen LogP contribution is 2.32. The molecule has 1 unspecified atom stereocenters. The van der Waals surface area contributed by atoms with Crippen molar-refractivity contribution in [2.75, 3.05) is 26.3 Å². The number of carbonyl (C=O) groups is 1. The zero-order chi connectivity index (χ0) is 22.9. The fourth-order valence-corrected chi connectivity index (χ4v) is 6.35. The molecule has 0 aromatic heterocycles. The van der Waals surface area contributed by atoms with E-state index in [-0.39, 0.29) is 24.6 Å². The SMILES string of the molecule is Cc1cc(C)c(S(=O)(=O)N2CCC(C(=O)OCC3COc4ccccc4O3)CC2)c(C)c1. The van der Waals surface area contributed by atoms with Crippen molar-refractivity contribution in [3.05, 3.63) is 53.1 Å². The number of nitrogens with zero attached hydrogens (tertiary/aromatic N) is 1. The Morgan fingerprint density at radius 2 is 1.69 bits per heavy atom. The number of piperidine rings is 1. The van der Waals surface area contributed by atoms with E-state index in [4.69, 9.17) is 14.2 Å². The Hall–Kier alpha value is -2.58. The number of fused-ring (bicyclic) bond motifs is 1. The van der Waals surface area contributed by atoms with Gasteiger partial charge in [0.15, 0.2) is 17.6 Å². The van der Waals surface area contributed by atoms with E-state index in [2.05, 4.69) is 0 Å². The lowest BCUT2D eigenvalue weighted by Gasteiger charge is -2.31. The molecule has 1 fully saturated rings. The number of carbonyl (C=O) groups excluding carboxylic acids is 1. The molecule has 2 aromatic rings. The summed E-state index contributed by atoms with van der Waals surface area (Å²) in [5, 5.41) is 0. The molecular formula is C24H29NO6S. The molecule has 0 saturated carbocycles. The van der Waals surface area contributed by atoms with E-state index >= 15 is 0 Å². The molecule has 1 saturated heterocycles. The van der Waals surface area contributed by atoms with Crippen LogP contribution in [-0.4, -0.2) is 51.1 Å². The van der Waals surface area contributed by atoms with Gasteiger partial charge >= 0.3 is 5.97 Å². The normalized spacial score (nSPS) is 19.5. The Labute approximate surface area is 189 Å². The van der Waals surface area contributed by atoms with Crippen molar-refractivity contribution in [2.24, 2.45) is 5.92 Å². The number of para-hydroxylation sites is 2. The number of sulfonamides is 1. The van der Waals surface area contributed by atoms with E-state index in [1.54, 1.807) is 0 Å². The first-order valence-corrected chi connectivity index (χ1v) is 12.3. The average Bonchev–Trinajstić information content (AvgIpc) is 2.76. The molecule has 4 rings (SSSR count). The minimum Gasteiger partial charge on any atom is -0.486 e. The molecule has 8 heteroatoms. The maximum atomic E-state index is 13.2. The average molecular weight is 460 g/mol. The molecule has 2 aliphatic rings. The van der Waals surface area contributed by atoms with Crippen LogP contribution in [0.15, 0.2) is 41.3 Å². The Bertz CT molecular complexity index is 1080. The van der Waals surface area contributed by atoms with Gasteiger partial charge in [-0.25, -0.2) is 8.42 Å². The summed E-state index contributed by atoms with van der Waals surface area (Å²) in [7, 11) is -3.60. The highest BCUT2D eigenvalue weighted by Gasteiger charge is 2.34. The third-order valence-electron chi connectivity index (χ3n) is 5.97. The van der Waals surface area contributed by atoms with Gasteiger partial charge in [0.2, 0.25) is 10.0 Å². The van der Waals surface area contributed by atoms with Crippen molar-refractivity contribution in [3.8, 4) is 11.5 Å². The number of aryl methyl sites for hydroxylation is 3. The van der Waals surface area contributed by atoms with Crippen LogP contribution in [0.2, 0.25) is 0 Å². The summed E-state index contributed by atoms with van der Waals surface area (Å²) in [4.78, 5) is 12.9. The van der Waals surface area contributed by atoms with Gasteiger partial charge in [0.25, 0.3) is 0 Å². The number of esters is 1. The monoisotopic (exact) mass is 459 g/mol. The van der Waals surface area contributed by atoms with Crippen molar-refractivity contribution in [3.63, 3.8) is 0 Å². The molecule has 0 aliphatic carbocycles. The highest BCUT2D eigenvalue weighted by atomic mass is 32.2. The van der Waals surface area contributed by atoms with Crippen LogP contribution < -0.4 is 9.47 Å². The van der Waals surface area contributed by atoms with E-state index in [0.717, 1.165) is 16.7 Å². The quantitative estimate of drug-likeness (QED) is 0.638. The minimum atomic E-state index is -3.60. The van der Waals surface area contributed by atoms with Crippen LogP contribution in [0.4, 0.5) is 0 Å². The first-order chi connectivity index (χ1) is 15.3. The second kappa shape index (κ2) is 9.11. The van der Waals surface area contributed by atoms with Crippen LogP contribution in [0, 0.1) is 26.7 Å². The van der Waals surface area contributed by atoms with Crippen LogP contribution in [-0.2, 0) is 19.6 Å². The van der Waals surface area contributed by atoms with Gasteiger partial charge in [-0.05, 0) is 56.9 Å². The Kier molecular flexibility index (Phi) is 6.44. The number of hydrogen-bond donors (Lipinski definition) is 0. The maximum absolute atomic E-state index is 13.2. The maximum Gasteiger partial charge on any atom is 0.309 e. The topological polar surface area (TPSA) is 82.1 Å². The predicted molar refractivity (Wildman–Crippen MR) is 119 cm³/mol. The fourth-order valence-electron chi connectivity index (χ4n) is 4.47. The summed E-state index contributed by atoms with van der Waals surface area (Å²) in [6, 6.07) is 11.2. The molecular weight excluding hydrogens is 430 g/mol. The van der Waals surface area contributed by atoms with E-state index in [9.17, 15) is 13.2 Å². The summed E-state index contributed by atoms with van der Waals surface area (Å²) in [5.74, 6) is 0.688. The van der Waals surface area contributed by atoms with Crippen molar-refractivity contribution >= 4 is 16.0 Å².